The molecular formula is C15H25NO4S. The van der Waals surface area contributed by atoms with Gasteiger partial charge in [0.05, 0.1) is 11.2 Å². The zero-order valence-electron chi connectivity index (χ0n) is 13.2. The molecule has 0 aromatic carbocycles. The summed E-state index contributed by atoms with van der Waals surface area (Å²) in [6.45, 7) is 8.33. The van der Waals surface area contributed by atoms with Crippen LogP contribution in [-0.2, 0) is 19.1 Å². The van der Waals surface area contributed by atoms with Gasteiger partial charge in [0.25, 0.3) is 10.1 Å². The van der Waals surface area contributed by atoms with E-state index in [0.29, 0.717) is 25.3 Å². The van der Waals surface area contributed by atoms with Gasteiger partial charge in [0.1, 0.15) is 11.4 Å². The third kappa shape index (κ3) is 2.02. The number of ketones is 1. The summed E-state index contributed by atoms with van der Waals surface area (Å²) in [6.07, 6.45) is 2.15. The first kappa shape index (κ1) is 15.4. The Hall–Kier alpha value is -0.460. The number of carbonyl (C=O) groups is 1. The highest BCUT2D eigenvalue weighted by Crippen LogP contribution is 2.64. The van der Waals surface area contributed by atoms with Gasteiger partial charge in [-0.2, -0.15) is 8.42 Å². The molecule has 1 N–H and O–H groups in total. The Kier molecular flexibility index (Phi) is 3.16. The van der Waals surface area contributed by atoms with Crippen molar-refractivity contribution >= 4 is 15.9 Å². The fourth-order valence-electron chi connectivity index (χ4n) is 4.42. The maximum atomic E-state index is 12.6. The molecular weight excluding hydrogens is 290 g/mol. The van der Waals surface area contributed by atoms with Crippen LogP contribution >= 0.6 is 0 Å². The van der Waals surface area contributed by atoms with Gasteiger partial charge in [-0.3, -0.25) is 8.98 Å². The molecule has 0 aromatic heterocycles. The van der Waals surface area contributed by atoms with Crippen molar-refractivity contribution in [2.75, 3.05) is 12.3 Å². The Morgan fingerprint density at radius 2 is 2.00 bits per heavy atom. The van der Waals surface area contributed by atoms with Crippen molar-refractivity contribution in [1.82, 2.24) is 5.32 Å². The van der Waals surface area contributed by atoms with Crippen LogP contribution < -0.4 is 5.32 Å². The first-order valence-electron chi connectivity index (χ1n) is 7.72. The topological polar surface area (TPSA) is 72.5 Å². The summed E-state index contributed by atoms with van der Waals surface area (Å²) >= 11 is 0. The largest absolute Gasteiger partial charge is 0.308 e. The molecule has 1 saturated heterocycles. The van der Waals surface area contributed by atoms with E-state index in [1.54, 1.807) is 0 Å². The molecule has 2 bridgehead atoms. The lowest BCUT2D eigenvalue weighted by Gasteiger charge is -2.45. The highest BCUT2D eigenvalue weighted by atomic mass is 32.2. The molecule has 1 heterocycles. The smallest absolute Gasteiger partial charge is 0.268 e. The fraction of sp³-hybridized carbons (Fsp3) is 0.933. The summed E-state index contributed by atoms with van der Waals surface area (Å²) < 4.78 is 30.6. The number of carbonyl (C=O) groups excluding carboxylic acids is 1. The van der Waals surface area contributed by atoms with Crippen LogP contribution in [0.4, 0.5) is 0 Å². The van der Waals surface area contributed by atoms with E-state index in [4.69, 9.17) is 4.18 Å². The average Bonchev–Trinajstić information content (AvgIpc) is 2.69. The molecule has 2 saturated carbocycles. The Balaban J connectivity index is 1.84. The standard InChI is InChI=1S/C15H25NO4S/c1-10-14(4,8-16-10)20-21(18,19)9-15-6-5-11(7-12(15)17)13(15,2)3/h10-11,16H,5-9H2,1-4H3/t10-,11?,14+,15-/m0/s1. The first-order valence-corrected chi connectivity index (χ1v) is 9.30. The van der Waals surface area contributed by atoms with E-state index in [1.807, 2.05) is 27.7 Å². The van der Waals surface area contributed by atoms with Gasteiger partial charge in [0.2, 0.25) is 0 Å². The predicted molar refractivity (Wildman–Crippen MR) is 79.3 cm³/mol. The van der Waals surface area contributed by atoms with Crippen molar-refractivity contribution in [3.05, 3.63) is 0 Å². The highest BCUT2D eigenvalue weighted by molar-refractivity contribution is 7.86. The zero-order chi connectivity index (χ0) is 15.7. The molecule has 21 heavy (non-hydrogen) atoms. The molecule has 0 aromatic rings. The maximum Gasteiger partial charge on any atom is 0.268 e. The van der Waals surface area contributed by atoms with E-state index in [-0.39, 0.29) is 23.0 Å². The van der Waals surface area contributed by atoms with Crippen molar-refractivity contribution in [2.24, 2.45) is 16.7 Å². The number of nitrogens with one attached hydrogen (secondary N) is 1. The van der Waals surface area contributed by atoms with Gasteiger partial charge < -0.3 is 5.32 Å². The predicted octanol–water partition coefficient (Wildman–Crippen LogP) is 1.48. The molecule has 3 fully saturated rings. The molecule has 3 rings (SSSR count). The lowest BCUT2D eigenvalue weighted by atomic mass is 9.70. The first-order chi connectivity index (χ1) is 9.53. The minimum absolute atomic E-state index is 0.00777. The van der Waals surface area contributed by atoms with Crippen LogP contribution in [-0.4, -0.2) is 38.1 Å². The third-order valence-electron chi connectivity index (χ3n) is 6.55. The van der Waals surface area contributed by atoms with E-state index in [2.05, 4.69) is 5.32 Å². The van der Waals surface area contributed by atoms with Gasteiger partial charge in [-0.25, -0.2) is 0 Å². The van der Waals surface area contributed by atoms with Gasteiger partial charge in [0.15, 0.2) is 0 Å². The van der Waals surface area contributed by atoms with E-state index >= 15 is 0 Å². The number of hydrogen-bond donors (Lipinski definition) is 1. The second-order valence-electron chi connectivity index (χ2n) is 7.87. The van der Waals surface area contributed by atoms with Crippen molar-refractivity contribution in [3.63, 3.8) is 0 Å². The summed E-state index contributed by atoms with van der Waals surface area (Å²) in [5, 5.41) is 3.12. The van der Waals surface area contributed by atoms with E-state index in [0.717, 1.165) is 6.42 Å². The van der Waals surface area contributed by atoms with Crippen LogP contribution in [0.15, 0.2) is 0 Å². The summed E-state index contributed by atoms with van der Waals surface area (Å²) in [7, 11) is -3.73. The summed E-state index contributed by atoms with van der Waals surface area (Å²) in [4.78, 5) is 12.4. The molecule has 0 amide bonds. The van der Waals surface area contributed by atoms with Crippen LogP contribution in [0.5, 0.6) is 0 Å². The lowest BCUT2D eigenvalue weighted by Crippen LogP contribution is -2.67. The van der Waals surface area contributed by atoms with Crippen molar-refractivity contribution in [1.29, 1.82) is 0 Å². The molecule has 3 aliphatic rings. The lowest BCUT2D eigenvalue weighted by molar-refractivity contribution is -0.128. The molecule has 2 aliphatic carbocycles. The van der Waals surface area contributed by atoms with Crippen LogP contribution in [0.25, 0.3) is 0 Å². The summed E-state index contributed by atoms with van der Waals surface area (Å²) in [5.41, 5.74) is -1.67. The number of rotatable bonds is 4. The number of fused-ring (bicyclic) bond motifs is 2. The van der Waals surface area contributed by atoms with Crippen LogP contribution in [0, 0.1) is 16.7 Å². The molecule has 1 unspecified atom stereocenters. The summed E-state index contributed by atoms with van der Waals surface area (Å²) in [6, 6.07) is 0.00777. The Bertz CT molecular complexity index is 584. The molecule has 0 radical (unpaired) electrons. The Labute approximate surface area is 126 Å². The zero-order valence-corrected chi connectivity index (χ0v) is 14.0. The van der Waals surface area contributed by atoms with Crippen molar-refractivity contribution < 1.29 is 17.4 Å². The number of hydrogen-bond acceptors (Lipinski definition) is 5. The third-order valence-corrected chi connectivity index (χ3v) is 8.04. The number of Topliss-reactive ketones (excluding diaryl/α,β-unsaturated/α-hetero) is 1. The molecule has 6 heteroatoms. The molecule has 120 valence electrons. The molecule has 4 atom stereocenters. The molecule has 0 spiro atoms. The average molecular weight is 315 g/mol. The fourth-order valence-corrected chi connectivity index (χ4v) is 6.55. The molecule has 5 nitrogen and oxygen atoms in total. The Morgan fingerprint density at radius 1 is 1.33 bits per heavy atom. The maximum absolute atomic E-state index is 12.6. The van der Waals surface area contributed by atoms with Crippen molar-refractivity contribution in [3.8, 4) is 0 Å². The van der Waals surface area contributed by atoms with Crippen molar-refractivity contribution in [2.45, 2.75) is 58.6 Å². The highest BCUT2D eigenvalue weighted by Gasteiger charge is 2.65. The second-order valence-corrected chi connectivity index (χ2v) is 9.44. The van der Waals surface area contributed by atoms with Crippen LogP contribution in [0.3, 0.4) is 0 Å². The normalized spacial score (nSPS) is 44.9. The SMILES string of the molecule is C[C@@H]1NC[C@@]1(C)OS(=O)(=O)C[C@@]12CCC(CC1=O)C2(C)C. The Morgan fingerprint density at radius 3 is 2.38 bits per heavy atom. The molecule has 1 aliphatic heterocycles. The van der Waals surface area contributed by atoms with Crippen LogP contribution in [0.1, 0.15) is 47.0 Å². The summed E-state index contributed by atoms with van der Waals surface area (Å²) in [5.74, 6) is 0.269. The minimum atomic E-state index is -3.73. The minimum Gasteiger partial charge on any atom is -0.308 e. The van der Waals surface area contributed by atoms with Gasteiger partial charge in [0, 0.05) is 19.0 Å². The monoisotopic (exact) mass is 315 g/mol. The van der Waals surface area contributed by atoms with E-state index in [1.165, 1.54) is 0 Å². The van der Waals surface area contributed by atoms with Gasteiger partial charge in [-0.15, -0.1) is 0 Å². The van der Waals surface area contributed by atoms with Crippen LogP contribution in [0.2, 0.25) is 0 Å². The quantitative estimate of drug-likeness (QED) is 0.796. The van der Waals surface area contributed by atoms with Gasteiger partial charge in [-0.05, 0) is 38.0 Å². The van der Waals surface area contributed by atoms with E-state index < -0.39 is 21.1 Å². The van der Waals surface area contributed by atoms with Gasteiger partial charge in [-0.1, -0.05) is 13.8 Å². The van der Waals surface area contributed by atoms with Gasteiger partial charge >= 0.3 is 0 Å². The van der Waals surface area contributed by atoms with E-state index in [9.17, 15) is 13.2 Å². The second kappa shape index (κ2) is 4.30.